The number of amides is 1. The highest BCUT2D eigenvalue weighted by molar-refractivity contribution is 5.93. The maximum absolute atomic E-state index is 11.9. The second-order valence-corrected chi connectivity index (χ2v) is 4.90. The van der Waals surface area contributed by atoms with Gasteiger partial charge in [0.1, 0.15) is 19.2 Å². The van der Waals surface area contributed by atoms with Crippen LogP contribution in [0.2, 0.25) is 0 Å². The van der Waals surface area contributed by atoms with Gasteiger partial charge in [-0.3, -0.25) is 9.59 Å². The van der Waals surface area contributed by atoms with Crippen molar-refractivity contribution in [2.75, 3.05) is 13.2 Å². The van der Waals surface area contributed by atoms with Crippen molar-refractivity contribution in [3.63, 3.8) is 0 Å². The van der Waals surface area contributed by atoms with Crippen LogP contribution in [-0.2, 0) is 23.0 Å². The van der Waals surface area contributed by atoms with Gasteiger partial charge >= 0.3 is 5.97 Å². The molecule has 0 aliphatic heterocycles. The van der Waals surface area contributed by atoms with Crippen LogP contribution in [0.1, 0.15) is 15.9 Å². The molecular formula is C17H19IN2O3. The minimum atomic E-state index is -0.299. The predicted octanol–water partition coefficient (Wildman–Crippen LogP) is -1.97. The van der Waals surface area contributed by atoms with Gasteiger partial charge in [-0.05, 0) is 11.6 Å². The molecule has 0 aliphatic rings. The number of halogens is 1. The molecule has 1 N–H and O–H groups in total. The molecule has 0 aliphatic carbocycles. The number of esters is 1. The van der Waals surface area contributed by atoms with E-state index in [9.17, 15) is 9.59 Å². The van der Waals surface area contributed by atoms with E-state index < -0.39 is 0 Å². The fourth-order valence-electron chi connectivity index (χ4n) is 1.97. The van der Waals surface area contributed by atoms with Crippen LogP contribution in [0, 0.1) is 0 Å². The Bertz CT molecular complexity index is 647. The smallest absolute Gasteiger partial charge is 0.310 e. The Morgan fingerprint density at radius 2 is 1.87 bits per heavy atom. The molecule has 5 nitrogen and oxygen atoms in total. The lowest BCUT2D eigenvalue weighted by atomic mass is 10.2. The number of aryl methyl sites for hydroxylation is 1. The summed E-state index contributed by atoms with van der Waals surface area (Å²) in [7, 11) is 1.85. The van der Waals surface area contributed by atoms with Crippen molar-refractivity contribution in [1.29, 1.82) is 0 Å². The van der Waals surface area contributed by atoms with Crippen LogP contribution in [0.3, 0.4) is 0 Å². The van der Waals surface area contributed by atoms with E-state index in [1.165, 1.54) is 0 Å². The summed E-state index contributed by atoms with van der Waals surface area (Å²) in [5.41, 5.74) is 1.48. The van der Waals surface area contributed by atoms with Crippen LogP contribution in [0.5, 0.6) is 0 Å². The highest BCUT2D eigenvalue weighted by Crippen LogP contribution is 2.00. The summed E-state index contributed by atoms with van der Waals surface area (Å²) < 4.78 is 6.90. The van der Waals surface area contributed by atoms with Crippen LogP contribution >= 0.6 is 0 Å². The van der Waals surface area contributed by atoms with Gasteiger partial charge in [0.2, 0.25) is 0 Å². The fourth-order valence-corrected chi connectivity index (χ4v) is 1.97. The number of aromatic nitrogens is 1. The first-order valence-corrected chi connectivity index (χ1v) is 7.08. The van der Waals surface area contributed by atoms with Gasteiger partial charge in [-0.25, -0.2) is 4.57 Å². The molecule has 6 heteroatoms. The van der Waals surface area contributed by atoms with E-state index in [4.69, 9.17) is 4.74 Å². The van der Waals surface area contributed by atoms with Gasteiger partial charge in [-0.1, -0.05) is 30.3 Å². The lowest BCUT2D eigenvalue weighted by molar-refractivity contribution is -0.671. The third-order valence-electron chi connectivity index (χ3n) is 3.04. The molecular weight excluding hydrogens is 407 g/mol. The highest BCUT2D eigenvalue weighted by atomic mass is 127. The molecule has 1 aromatic carbocycles. The maximum Gasteiger partial charge on any atom is 0.310 e. The first-order valence-electron chi connectivity index (χ1n) is 7.08. The monoisotopic (exact) mass is 426 g/mol. The van der Waals surface area contributed by atoms with Crippen molar-refractivity contribution in [2.24, 2.45) is 7.05 Å². The Morgan fingerprint density at radius 3 is 2.57 bits per heavy atom. The number of nitrogens with one attached hydrogen (secondary N) is 1. The fraction of sp³-hybridized carbons (Fsp3) is 0.235. The molecule has 0 fully saturated rings. The summed E-state index contributed by atoms with van der Waals surface area (Å²) in [6, 6.07) is 12.9. The maximum atomic E-state index is 11.9. The van der Waals surface area contributed by atoms with E-state index >= 15 is 0 Å². The van der Waals surface area contributed by atoms with Crippen molar-refractivity contribution in [1.82, 2.24) is 5.32 Å². The topological polar surface area (TPSA) is 59.3 Å². The molecule has 1 amide bonds. The van der Waals surface area contributed by atoms with Gasteiger partial charge in [0.25, 0.3) is 5.91 Å². The second kappa shape index (κ2) is 9.94. The molecule has 23 heavy (non-hydrogen) atoms. The summed E-state index contributed by atoms with van der Waals surface area (Å²) in [4.78, 5) is 23.5. The third-order valence-corrected chi connectivity index (χ3v) is 3.04. The molecule has 0 saturated heterocycles. The van der Waals surface area contributed by atoms with Crippen molar-refractivity contribution in [3.05, 3.63) is 66.0 Å². The van der Waals surface area contributed by atoms with Crippen LogP contribution in [0.25, 0.3) is 0 Å². The number of benzene rings is 1. The molecule has 0 unspecified atom stereocenters. The second-order valence-electron chi connectivity index (χ2n) is 4.90. The van der Waals surface area contributed by atoms with Crippen molar-refractivity contribution >= 4 is 11.9 Å². The van der Waals surface area contributed by atoms with Crippen LogP contribution < -0.4 is 33.9 Å². The van der Waals surface area contributed by atoms with Crippen LogP contribution in [-0.4, -0.2) is 25.0 Å². The Labute approximate surface area is 152 Å². The van der Waals surface area contributed by atoms with Crippen LogP contribution in [0.4, 0.5) is 0 Å². The Kier molecular flexibility index (Phi) is 8.25. The third kappa shape index (κ3) is 6.77. The minimum absolute atomic E-state index is 0. The SMILES string of the molecule is C[n+]1cccc(C(=O)NCCOC(=O)Cc2ccccc2)c1.[I-]. The normalized spacial score (nSPS) is 9.61. The summed E-state index contributed by atoms with van der Waals surface area (Å²) in [6.07, 6.45) is 3.82. The summed E-state index contributed by atoms with van der Waals surface area (Å²) in [5.74, 6) is -0.484. The largest absolute Gasteiger partial charge is 1.00 e. The molecule has 0 bridgehead atoms. The van der Waals surface area contributed by atoms with Gasteiger partial charge in [0.15, 0.2) is 12.4 Å². The van der Waals surface area contributed by atoms with Gasteiger partial charge in [-0.15, -0.1) is 0 Å². The van der Waals surface area contributed by atoms with Gasteiger partial charge < -0.3 is 34.0 Å². The van der Waals surface area contributed by atoms with Gasteiger partial charge in [0, 0.05) is 6.07 Å². The van der Waals surface area contributed by atoms with E-state index in [1.807, 2.05) is 43.6 Å². The van der Waals surface area contributed by atoms with E-state index in [0.717, 1.165) is 5.56 Å². The predicted molar refractivity (Wildman–Crippen MR) is 81.1 cm³/mol. The standard InChI is InChI=1S/C17H18N2O3.HI/c1-19-10-5-8-15(13-19)17(21)18-9-11-22-16(20)12-14-6-3-2-4-7-14;/h2-8,10,13H,9,11-12H2,1H3;1H. The summed E-state index contributed by atoms with van der Waals surface area (Å²) >= 11 is 0. The average Bonchev–Trinajstić information content (AvgIpc) is 2.52. The lowest BCUT2D eigenvalue weighted by Crippen LogP contribution is -3.00. The van der Waals surface area contributed by atoms with Gasteiger partial charge in [-0.2, -0.15) is 0 Å². The number of hydrogen-bond donors (Lipinski definition) is 1. The Balaban J connectivity index is 0.00000264. The van der Waals surface area contributed by atoms with E-state index in [2.05, 4.69) is 5.32 Å². The number of ether oxygens (including phenoxy) is 1. The zero-order valence-corrected chi connectivity index (χ0v) is 15.0. The molecule has 1 aromatic heterocycles. The minimum Gasteiger partial charge on any atom is -1.00 e. The lowest BCUT2D eigenvalue weighted by Gasteiger charge is -2.06. The molecule has 0 saturated carbocycles. The number of nitrogens with zero attached hydrogens (tertiary/aromatic N) is 1. The molecule has 1 heterocycles. The zero-order chi connectivity index (χ0) is 15.8. The van der Waals surface area contributed by atoms with Crippen molar-refractivity contribution < 1.29 is 42.9 Å². The zero-order valence-electron chi connectivity index (χ0n) is 12.9. The first kappa shape index (κ1) is 19.1. The first-order chi connectivity index (χ1) is 10.6. The average molecular weight is 426 g/mol. The number of carbonyl (C=O) groups is 2. The Morgan fingerprint density at radius 1 is 1.13 bits per heavy atom. The van der Waals surface area contributed by atoms with Crippen molar-refractivity contribution in [2.45, 2.75) is 6.42 Å². The number of rotatable bonds is 6. The summed E-state index contributed by atoms with van der Waals surface area (Å²) in [6.45, 7) is 0.453. The summed E-state index contributed by atoms with van der Waals surface area (Å²) in [5, 5.41) is 2.72. The van der Waals surface area contributed by atoms with E-state index in [1.54, 1.807) is 22.9 Å². The van der Waals surface area contributed by atoms with Crippen LogP contribution in [0.15, 0.2) is 54.9 Å². The number of hydrogen-bond acceptors (Lipinski definition) is 3. The molecule has 122 valence electrons. The molecule has 0 radical (unpaired) electrons. The molecule has 0 atom stereocenters. The quantitative estimate of drug-likeness (QED) is 0.253. The van der Waals surface area contributed by atoms with Gasteiger partial charge in [0.05, 0.1) is 13.0 Å². The Hall–Kier alpha value is -1.96. The number of pyridine rings is 1. The van der Waals surface area contributed by atoms with E-state index in [-0.39, 0.29) is 55.4 Å². The molecule has 0 spiro atoms. The molecule has 2 rings (SSSR count). The van der Waals surface area contributed by atoms with Crippen molar-refractivity contribution in [3.8, 4) is 0 Å². The molecule has 2 aromatic rings. The highest BCUT2D eigenvalue weighted by Gasteiger charge is 2.09. The van der Waals surface area contributed by atoms with E-state index in [0.29, 0.717) is 5.56 Å². The number of carbonyl (C=O) groups excluding carboxylic acids is 2.